The van der Waals surface area contributed by atoms with Crippen LogP contribution in [0.2, 0.25) is 0 Å². The van der Waals surface area contributed by atoms with Gasteiger partial charge in [0.2, 0.25) is 5.91 Å². The van der Waals surface area contributed by atoms with E-state index >= 15 is 0 Å². The Hall–Kier alpha value is -3.92. The number of hydrogen-bond acceptors (Lipinski definition) is 6. The summed E-state index contributed by atoms with van der Waals surface area (Å²) in [6.07, 6.45) is 5.58. The molecule has 2 saturated heterocycles. The van der Waals surface area contributed by atoms with Crippen molar-refractivity contribution in [3.05, 3.63) is 71.7 Å². The Morgan fingerprint density at radius 1 is 0.915 bits per heavy atom. The number of nitrogens with one attached hydrogen (secondary N) is 3. The van der Waals surface area contributed by atoms with Gasteiger partial charge in [-0.25, -0.2) is 4.39 Å². The number of hydrogen-bond donors (Lipinski definition) is 3. The molecular weight excluding hydrogens is 599 g/mol. The molecular formula is C37H47FN4O5. The van der Waals surface area contributed by atoms with E-state index in [-0.39, 0.29) is 52.6 Å². The zero-order chi connectivity index (χ0) is 33.5. The van der Waals surface area contributed by atoms with Crippen LogP contribution in [0.3, 0.4) is 0 Å². The number of carbonyl (C=O) groups excluding carboxylic acids is 3. The van der Waals surface area contributed by atoms with Crippen molar-refractivity contribution >= 4 is 23.4 Å². The Morgan fingerprint density at radius 2 is 1.60 bits per heavy atom. The van der Waals surface area contributed by atoms with E-state index in [0.29, 0.717) is 29.9 Å². The number of halogens is 1. The molecule has 0 unspecified atom stereocenters. The highest BCUT2D eigenvalue weighted by atomic mass is 19.1. The topological polar surface area (TPSA) is 109 Å². The zero-order valence-electron chi connectivity index (χ0n) is 27.9. The summed E-state index contributed by atoms with van der Waals surface area (Å²) in [4.78, 5) is 39.9. The predicted molar refractivity (Wildman–Crippen MR) is 178 cm³/mol. The first-order valence-corrected chi connectivity index (χ1v) is 16.8. The van der Waals surface area contributed by atoms with E-state index in [0.717, 1.165) is 50.9 Å². The Labute approximate surface area is 276 Å². The number of rotatable bonds is 9. The average molecular weight is 647 g/mol. The summed E-state index contributed by atoms with van der Waals surface area (Å²) in [5.41, 5.74) is 2.51. The van der Waals surface area contributed by atoms with Crippen molar-refractivity contribution in [1.29, 1.82) is 0 Å². The third kappa shape index (κ3) is 7.32. The molecule has 3 amide bonds. The van der Waals surface area contributed by atoms with Gasteiger partial charge in [-0.2, -0.15) is 0 Å². The van der Waals surface area contributed by atoms with Crippen LogP contribution in [-0.2, 0) is 9.53 Å². The molecule has 6 rings (SSSR count). The monoisotopic (exact) mass is 646 g/mol. The molecule has 2 heterocycles. The van der Waals surface area contributed by atoms with Crippen LogP contribution in [0.25, 0.3) is 0 Å². The van der Waals surface area contributed by atoms with E-state index in [1.54, 1.807) is 6.07 Å². The van der Waals surface area contributed by atoms with Crippen LogP contribution in [0.5, 0.6) is 5.75 Å². The Bertz CT molecular complexity index is 1510. The van der Waals surface area contributed by atoms with Crippen LogP contribution < -0.4 is 25.6 Å². The highest BCUT2D eigenvalue weighted by molar-refractivity contribution is 5.98. The highest BCUT2D eigenvalue weighted by Crippen LogP contribution is 2.53. The number of benzene rings is 2. The number of allylic oxidation sites excluding steroid dienone is 1. The molecule has 4 aliphatic rings. The second kappa shape index (κ2) is 12.9. The summed E-state index contributed by atoms with van der Waals surface area (Å²) in [5.74, 6) is -1.32. The number of anilines is 1. The maximum Gasteiger partial charge on any atom is 0.254 e. The van der Waals surface area contributed by atoms with Crippen LogP contribution in [0, 0.1) is 16.6 Å². The average Bonchev–Trinajstić information content (AvgIpc) is 3.00. The first-order chi connectivity index (χ1) is 22.3. The summed E-state index contributed by atoms with van der Waals surface area (Å²) in [6, 6.07) is 11.5. The van der Waals surface area contributed by atoms with Crippen molar-refractivity contribution in [3.63, 3.8) is 0 Å². The first kappa shape index (κ1) is 33.0. The molecule has 252 valence electrons. The SMILES string of the molecule is C=C1CC[C@H](NC(=O)c2ccc(OC3CC(OC4CCN(c5ccc(C(=O)NC6C(C)(C)CC6(C)C)cc5)CC4)C3)cc2F)C(=O)N1. The molecule has 0 radical (unpaired) electrons. The van der Waals surface area contributed by atoms with Crippen molar-refractivity contribution < 1.29 is 28.2 Å². The van der Waals surface area contributed by atoms with Gasteiger partial charge in [-0.3, -0.25) is 14.4 Å². The molecule has 2 aromatic carbocycles. The number of nitrogens with zero attached hydrogens (tertiary/aromatic N) is 1. The molecule has 2 aromatic rings. The molecule has 4 fully saturated rings. The lowest BCUT2D eigenvalue weighted by Gasteiger charge is -2.57. The fourth-order valence-corrected chi connectivity index (χ4v) is 8.07. The molecule has 2 aliphatic heterocycles. The summed E-state index contributed by atoms with van der Waals surface area (Å²) in [5, 5.41) is 8.47. The van der Waals surface area contributed by atoms with E-state index in [4.69, 9.17) is 9.47 Å². The van der Waals surface area contributed by atoms with Gasteiger partial charge in [0, 0.05) is 55.0 Å². The molecule has 0 aromatic heterocycles. The number of ether oxygens (including phenoxy) is 2. The van der Waals surface area contributed by atoms with Crippen molar-refractivity contribution in [2.45, 2.75) is 103 Å². The van der Waals surface area contributed by atoms with Gasteiger partial charge in [-0.15, -0.1) is 0 Å². The standard InChI is InChI=1S/C37H47FN4O5/c1-22-6-13-31(34(45)39-22)40-33(44)29-12-11-26(20-30(29)38)47-28-18-27(19-28)46-25-14-16-42(17-15-25)24-9-7-23(8-10-24)32(43)41-35-36(2,3)21-37(35,4)5/h7-12,20,25,27-28,31,35H,1,6,13-19,21H2,2-5H3,(H,39,45)(H,40,44)(H,41,43)/t27?,28?,31-/m0/s1. The van der Waals surface area contributed by atoms with Crippen LogP contribution in [-0.4, -0.2) is 61.2 Å². The van der Waals surface area contributed by atoms with Crippen molar-refractivity contribution in [2.24, 2.45) is 10.8 Å². The minimum absolute atomic E-state index is 0.0132. The second-order valence-corrected chi connectivity index (χ2v) is 15.1. The quantitative estimate of drug-likeness (QED) is 0.332. The normalized spacial score (nSPS) is 25.6. The summed E-state index contributed by atoms with van der Waals surface area (Å²) in [6.45, 7) is 14.3. The Kier molecular flexibility index (Phi) is 9.09. The van der Waals surface area contributed by atoms with E-state index in [1.807, 2.05) is 24.3 Å². The summed E-state index contributed by atoms with van der Waals surface area (Å²) >= 11 is 0. The van der Waals surface area contributed by atoms with Crippen molar-refractivity contribution in [2.75, 3.05) is 18.0 Å². The van der Waals surface area contributed by atoms with Gasteiger partial charge in [0.15, 0.2) is 0 Å². The predicted octanol–water partition coefficient (Wildman–Crippen LogP) is 5.50. The third-order valence-electron chi connectivity index (χ3n) is 10.3. The zero-order valence-corrected chi connectivity index (χ0v) is 27.9. The fraction of sp³-hybridized carbons (Fsp3) is 0.541. The lowest BCUT2D eigenvalue weighted by molar-refractivity contribution is -0.123. The molecule has 1 atom stereocenters. The second-order valence-electron chi connectivity index (χ2n) is 15.1. The van der Waals surface area contributed by atoms with Gasteiger partial charge in [0.05, 0.1) is 17.8 Å². The summed E-state index contributed by atoms with van der Waals surface area (Å²) < 4.78 is 27.1. The summed E-state index contributed by atoms with van der Waals surface area (Å²) in [7, 11) is 0. The highest BCUT2D eigenvalue weighted by Gasteiger charge is 2.53. The van der Waals surface area contributed by atoms with Gasteiger partial charge in [0.25, 0.3) is 11.8 Å². The van der Waals surface area contributed by atoms with E-state index in [1.165, 1.54) is 12.1 Å². The van der Waals surface area contributed by atoms with Crippen LogP contribution >= 0.6 is 0 Å². The largest absolute Gasteiger partial charge is 0.490 e. The lowest BCUT2D eigenvalue weighted by atomic mass is 9.52. The molecule has 0 spiro atoms. The van der Waals surface area contributed by atoms with Crippen LogP contribution in [0.4, 0.5) is 10.1 Å². The molecule has 2 saturated carbocycles. The number of carbonyl (C=O) groups is 3. The lowest BCUT2D eigenvalue weighted by Crippen LogP contribution is -2.63. The smallest absolute Gasteiger partial charge is 0.254 e. The molecule has 47 heavy (non-hydrogen) atoms. The molecule has 9 nitrogen and oxygen atoms in total. The maximum atomic E-state index is 14.8. The molecule has 10 heteroatoms. The number of piperidine rings is 2. The first-order valence-electron chi connectivity index (χ1n) is 16.8. The van der Waals surface area contributed by atoms with Crippen LogP contribution in [0.15, 0.2) is 54.7 Å². The fourth-order valence-electron chi connectivity index (χ4n) is 8.07. The van der Waals surface area contributed by atoms with E-state index in [2.05, 4.69) is 55.1 Å². The minimum atomic E-state index is -0.717. The van der Waals surface area contributed by atoms with Crippen molar-refractivity contribution in [1.82, 2.24) is 16.0 Å². The number of amides is 3. The van der Waals surface area contributed by atoms with Crippen molar-refractivity contribution in [3.8, 4) is 5.75 Å². The van der Waals surface area contributed by atoms with Gasteiger partial charge >= 0.3 is 0 Å². The van der Waals surface area contributed by atoms with Crippen LogP contribution in [0.1, 0.15) is 93.4 Å². The molecule has 2 aliphatic carbocycles. The maximum absolute atomic E-state index is 14.8. The van der Waals surface area contributed by atoms with E-state index < -0.39 is 17.8 Å². The molecule has 0 bridgehead atoms. The third-order valence-corrected chi connectivity index (χ3v) is 10.3. The van der Waals surface area contributed by atoms with Gasteiger partial charge < -0.3 is 30.3 Å². The Balaban J connectivity index is 0.905. The minimum Gasteiger partial charge on any atom is -0.490 e. The molecule has 3 N–H and O–H groups in total. The van der Waals surface area contributed by atoms with Gasteiger partial charge in [-0.1, -0.05) is 34.3 Å². The van der Waals surface area contributed by atoms with E-state index in [9.17, 15) is 18.8 Å². The van der Waals surface area contributed by atoms with Gasteiger partial charge in [0.1, 0.15) is 23.7 Å². The van der Waals surface area contributed by atoms with Gasteiger partial charge in [-0.05, 0) is 79.3 Å². The Morgan fingerprint density at radius 3 is 2.21 bits per heavy atom.